The van der Waals surface area contributed by atoms with Gasteiger partial charge in [-0.3, -0.25) is 4.79 Å². The highest BCUT2D eigenvalue weighted by molar-refractivity contribution is 9.10. The van der Waals surface area contributed by atoms with Crippen LogP contribution in [-0.4, -0.2) is 18.1 Å². The molecule has 104 valence electrons. The highest BCUT2D eigenvalue weighted by Gasteiger charge is 2.12. The van der Waals surface area contributed by atoms with Gasteiger partial charge in [0.05, 0.1) is 12.7 Å². The molecule has 0 saturated heterocycles. The molecule has 0 atom stereocenters. The maximum atomic E-state index is 12.1. The van der Waals surface area contributed by atoms with E-state index in [1.807, 2.05) is 6.92 Å². The van der Waals surface area contributed by atoms with Gasteiger partial charge < -0.3 is 15.2 Å². The van der Waals surface area contributed by atoms with Crippen LogP contribution in [-0.2, 0) is 0 Å². The first kappa shape index (κ1) is 14.4. The molecule has 0 aromatic heterocycles. The molecule has 2 aromatic rings. The van der Waals surface area contributed by atoms with Crippen LogP contribution in [0.5, 0.6) is 11.5 Å². The number of hydrogen-bond donors (Lipinski definition) is 2. The molecule has 2 rings (SSSR count). The summed E-state index contributed by atoms with van der Waals surface area (Å²) in [6, 6.07) is 10.2. The summed E-state index contributed by atoms with van der Waals surface area (Å²) in [5.74, 6) is 0.218. The van der Waals surface area contributed by atoms with Gasteiger partial charge in [0.15, 0.2) is 0 Å². The molecule has 0 aliphatic rings. The van der Waals surface area contributed by atoms with E-state index < -0.39 is 0 Å². The minimum Gasteiger partial charge on any atom is -0.507 e. The molecule has 0 heterocycles. The number of nitrogens with one attached hydrogen (secondary N) is 1. The fourth-order valence-corrected chi connectivity index (χ4v) is 2.26. The Bertz CT molecular complexity index is 656. The minimum absolute atomic E-state index is 0.0375. The predicted molar refractivity (Wildman–Crippen MR) is 81.5 cm³/mol. The molecule has 5 heteroatoms. The van der Waals surface area contributed by atoms with E-state index in [-0.39, 0.29) is 17.2 Å². The van der Waals surface area contributed by atoms with E-state index >= 15 is 0 Å². The number of benzene rings is 2. The second-order valence-corrected chi connectivity index (χ2v) is 5.27. The van der Waals surface area contributed by atoms with Gasteiger partial charge in [0.1, 0.15) is 11.5 Å². The number of anilines is 1. The van der Waals surface area contributed by atoms with E-state index in [1.54, 1.807) is 43.5 Å². The van der Waals surface area contributed by atoms with Crippen molar-refractivity contribution in [2.24, 2.45) is 0 Å². The topological polar surface area (TPSA) is 58.6 Å². The van der Waals surface area contributed by atoms with Crippen molar-refractivity contribution in [1.82, 2.24) is 0 Å². The Labute approximate surface area is 125 Å². The first-order valence-corrected chi connectivity index (χ1v) is 6.74. The number of hydrogen-bond acceptors (Lipinski definition) is 3. The lowest BCUT2D eigenvalue weighted by molar-refractivity contribution is 0.102. The summed E-state index contributed by atoms with van der Waals surface area (Å²) in [6.07, 6.45) is 0. The van der Waals surface area contributed by atoms with E-state index in [0.717, 1.165) is 10.0 Å². The van der Waals surface area contributed by atoms with Crippen molar-refractivity contribution in [3.8, 4) is 11.5 Å². The number of rotatable bonds is 3. The van der Waals surface area contributed by atoms with Crippen molar-refractivity contribution in [3.63, 3.8) is 0 Å². The van der Waals surface area contributed by atoms with E-state index in [0.29, 0.717) is 11.4 Å². The maximum Gasteiger partial charge on any atom is 0.259 e. The Morgan fingerprint density at radius 1 is 1.25 bits per heavy atom. The molecule has 0 unspecified atom stereocenters. The number of carbonyl (C=O) groups excluding carboxylic acids is 1. The fraction of sp³-hybridized carbons (Fsp3) is 0.133. The molecule has 4 nitrogen and oxygen atoms in total. The molecule has 0 spiro atoms. The van der Waals surface area contributed by atoms with E-state index in [2.05, 4.69) is 21.2 Å². The van der Waals surface area contributed by atoms with Crippen molar-refractivity contribution in [1.29, 1.82) is 0 Å². The van der Waals surface area contributed by atoms with Gasteiger partial charge >= 0.3 is 0 Å². The number of carbonyl (C=O) groups is 1. The number of phenolic OH excluding ortho intramolecular Hbond substituents is 1. The molecule has 0 fully saturated rings. The van der Waals surface area contributed by atoms with Crippen molar-refractivity contribution < 1.29 is 14.6 Å². The molecule has 1 amide bonds. The third-order valence-corrected chi connectivity index (χ3v) is 3.22. The van der Waals surface area contributed by atoms with Crippen LogP contribution in [0.15, 0.2) is 40.9 Å². The van der Waals surface area contributed by atoms with E-state index in [1.165, 1.54) is 0 Å². The number of aryl methyl sites for hydroxylation is 1. The lowest BCUT2D eigenvalue weighted by atomic mass is 10.1. The van der Waals surface area contributed by atoms with E-state index in [4.69, 9.17) is 4.74 Å². The van der Waals surface area contributed by atoms with Crippen molar-refractivity contribution >= 4 is 27.5 Å². The summed E-state index contributed by atoms with van der Waals surface area (Å²) in [7, 11) is 1.55. The molecule has 2 N–H and O–H groups in total. The number of methoxy groups -OCH3 is 1. The maximum absolute atomic E-state index is 12.1. The van der Waals surface area contributed by atoms with Crippen molar-refractivity contribution in [2.45, 2.75) is 6.92 Å². The largest absolute Gasteiger partial charge is 0.507 e. The lowest BCUT2D eigenvalue weighted by Gasteiger charge is -2.09. The van der Waals surface area contributed by atoms with Gasteiger partial charge in [-0.25, -0.2) is 0 Å². The summed E-state index contributed by atoms with van der Waals surface area (Å²) < 4.78 is 5.92. The zero-order valence-corrected chi connectivity index (χ0v) is 12.7. The summed E-state index contributed by atoms with van der Waals surface area (Å²) in [5.41, 5.74) is 1.71. The van der Waals surface area contributed by atoms with Crippen LogP contribution >= 0.6 is 15.9 Å². The number of aromatic hydroxyl groups is 1. The van der Waals surface area contributed by atoms with Gasteiger partial charge in [-0.15, -0.1) is 0 Å². The van der Waals surface area contributed by atoms with Crippen LogP contribution in [0.1, 0.15) is 15.9 Å². The molecule has 0 bridgehead atoms. The Kier molecular flexibility index (Phi) is 4.29. The zero-order valence-electron chi connectivity index (χ0n) is 11.1. The molecule has 0 saturated carbocycles. The first-order chi connectivity index (χ1) is 9.49. The zero-order chi connectivity index (χ0) is 14.7. The van der Waals surface area contributed by atoms with Gasteiger partial charge in [-0.2, -0.15) is 0 Å². The van der Waals surface area contributed by atoms with Gasteiger partial charge in [-0.05, 0) is 36.8 Å². The summed E-state index contributed by atoms with van der Waals surface area (Å²) in [4.78, 5) is 12.1. The van der Waals surface area contributed by atoms with Crippen LogP contribution < -0.4 is 10.1 Å². The minimum atomic E-state index is -0.373. The second kappa shape index (κ2) is 5.96. The Hall–Kier alpha value is -2.01. The Morgan fingerprint density at radius 2 is 2.00 bits per heavy atom. The van der Waals surface area contributed by atoms with E-state index in [9.17, 15) is 9.90 Å². The highest BCUT2D eigenvalue weighted by Crippen LogP contribution is 2.26. The van der Waals surface area contributed by atoms with Crippen LogP contribution in [0.25, 0.3) is 0 Å². The first-order valence-electron chi connectivity index (χ1n) is 5.95. The normalized spacial score (nSPS) is 10.2. The quantitative estimate of drug-likeness (QED) is 0.898. The Balaban J connectivity index is 2.25. The second-order valence-electron chi connectivity index (χ2n) is 4.35. The predicted octanol–water partition coefficient (Wildman–Crippen LogP) is 3.72. The number of halogens is 1. The molecular weight excluding hydrogens is 322 g/mol. The average Bonchev–Trinajstić information content (AvgIpc) is 2.37. The molecular formula is C15H14BrNO3. The molecule has 0 aliphatic carbocycles. The van der Waals surface area contributed by atoms with Crippen LogP contribution in [0.4, 0.5) is 5.69 Å². The van der Waals surface area contributed by atoms with Gasteiger partial charge in [-0.1, -0.05) is 22.0 Å². The van der Waals surface area contributed by atoms with Crippen LogP contribution in [0.2, 0.25) is 0 Å². The smallest absolute Gasteiger partial charge is 0.259 e. The fourth-order valence-electron chi connectivity index (χ4n) is 1.78. The molecule has 20 heavy (non-hydrogen) atoms. The lowest BCUT2D eigenvalue weighted by Crippen LogP contribution is -2.12. The molecule has 2 aromatic carbocycles. The SMILES string of the molecule is COc1cc(Br)cc(NC(=O)c2ccc(C)cc2O)c1. The van der Waals surface area contributed by atoms with Gasteiger partial charge in [0, 0.05) is 16.2 Å². The monoisotopic (exact) mass is 335 g/mol. The number of ether oxygens (including phenoxy) is 1. The van der Waals surface area contributed by atoms with Gasteiger partial charge in [0.25, 0.3) is 5.91 Å². The third kappa shape index (κ3) is 3.30. The van der Waals surface area contributed by atoms with Gasteiger partial charge in [0.2, 0.25) is 0 Å². The average molecular weight is 336 g/mol. The summed E-state index contributed by atoms with van der Waals surface area (Å²) in [5, 5.41) is 12.5. The number of amides is 1. The standard InChI is InChI=1S/C15H14BrNO3/c1-9-3-4-13(14(18)5-9)15(19)17-11-6-10(16)7-12(8-11)20-2/h3-8,18H,1-2H3,(H,17,19). The Morgan fingerprint density at radius 3 is 2.65 bits per heavy atom. The highest BCUT2D eigenvalue weighted by atomic mass is 79.9. The number of phenols is 1. The summed E-state index contributed by atoms with van der Waals surface area (Å²) >= 11 is 3.34. The molecule has 0 radical (unpaired) electrons. The summed E-state index contributed by atoms with van der Waals surface area (Å²) in [6.45, 7) is 1.85. The van der Waals surface area contributed by atoms with Crippen LogP contribution in [0, 0.1) is 6.92 Å². The van der Waals surface area contributed by atoms with Crippen molar-refractivity contribution in [3.05, 3.63) is 52.0 Å². The van der Waals surface area contributed by atoms with Crippen molar-refractivity contribution in [2.75, 3.05) is 12.4 Å². The third-order valence-electron chi connectivity index (χ3n) is 2.76. The van der Waals surface area contributed by atoms with Crippen LogP contribution in [0.3, 0.4) is 0 Å². The molecule has 0 aliphatic heterocycles.